The molecule has 2 aromatic heterocycles. The standard InChI is InChI=1S/C22H20FN3O4S/c1-4-29-22(28)17-9-24-20-13(5-11(2)6-16(20)25-17)21-26-15-7-14(23)18(8-19(15)31-21)30-12(3)10-27/h5-9,12,27H,4,10H2,1-3H3/t12-/m0/s1. The first-order valence-electron chi connectivity index (χ1n) is 9.72. The van der Waals surface area contributed by atoms with E-state index >= 15 is 0 Å². The van der Waals surface area contributed by atoms with E-state index in [1.165, 1.54) is 23.6 Å². The molecule has 0 aliphatic rings. The zero-order valence-corrected chi connectivity index (χ0v) is 18.0. The van der Waals surface area contributed by atoms with Crippen LogP contribution >= 0.6 is 11.3 Å². The summed E-state index contributed by atoms with van der Waals surface area (Å²) in [5.41, 5.74) is 3.43. The fourth-order valence-electron chi connectivity index (χ4n) is 3.12. The van der Waals surface area contributed by atoms with E-state index < -0.39 is 17.9 Å². The Morgan fingerprint density at radius 3 is 2.77 bits per heavy atom. The van der Waals surface area contributed by atoms with E-state index in [1.54, 1.807) is 19.9 Å². The second-order valence-electron chi connectivity index (χ2n) is 7.04. The Labute approximate surface area is 181 Å². The zero-order chi connectivity index (χ0) is 22.1. The van der Waals surface area contributed by atoms with Gasteiger partial charge in [0.2, 0.25) is 0 Å². The van der Waals surface area contributed by atoms with Crippen molar-refractivity contribution in [3.05, 3.63) is 47.5 Å². The van der Waals surface area contributed by atoms with Gasteiger partial charge in [-0.3, -0.25) is 4.98 Å². The number of thiazole rings is 1. The number of halogens is 1. The SMILES string of the molecule is CCOC(=O)c1cnc2c(-c3nc4cc(F)c(O[C@@H](C)CO)cc4s3)cc(C)cc2n1. The van der Waals surface area contributed by atoms with Gasteiger partial charge in [0.05, 0.1) is 40.7 Å². The van der Waals surface area contributed by atoms with Gasteiger partial charge in [-0.05, 0) is 38.5 Å². The summed E-state index contributed by atoms with van der Waals surface area (Å²) in [6.45, 7) is 5.34. The van der Waals surface area contributed by atoms with E-state index in [0.717, 1.165) is 15.8 Å². The Hall–Kier alpha value is -3.17. The van der Waals surface area contributed by atoms with Gasteiger partial charge in [-0.15, -0.1) is 11.3 Å². The van der Waals surface area contributed by atoms with Gasteiger partial charge in [-0.1, -0.05) is 0 Å². The van der Waals surface area contributed by atoms with Gasteiger partial charge in [0, 0.05) is 17.7 Å². The molecule has 2 aromatic carbocycles. The van der Waals surface area contributed by atoms with E-state index in [1.807, 2.05) is 19.1 Å². The molecule has 0 unspecified atom stereocenters. The van der Waals surface area contributed by atoms with Crippen LogP contribution in [0.5, 0.6) is 5.75 Å². The maximum atomic E-state index is 14.4. The molecule has 0 saturated carbocycles. The number of carbonyl (C=O) groups is 1. The van der Waals surface area contributed by atoms with Gasteiger partial charge in [0.1, 0.15) is 11.1 Å². The molecule has 0 fully saturated rings. The van der Waals surface area contributed by atoms with Crippen molar-refractivity contribution >= 4 is 38.6 Å². The summed E-state index contributed by atoms with van der Waals surface area (Å²) in [7, 11) is 0. The Kier molecular flexibility index (Phi) is 5.79. The molecule has 1 atom stereocenters. The highest BCUT2D eigenvalue weighted by molar-refractivity contribution is 7.21. The van der Waals surface area contributed by atoms with E-state index in [9.17, 15) is 9.18 Å². The minimum absolute atomic E-state index is 0.0669. The van der Waals surface area contributed by atoms with Crippen LogP contribution in [-0.4, -0.2) is 45.3 Å². The number of aliphatic hydroxyl groups excluding tert-OH is 1. The third kappa shape index (κ3) is 4.19. The molecule has 31 heavy (non-hydrogen) atoms. The molecule has 9 heteroatoms. The van der Waals surface area contributed by atoms with Gasteiger partial charge >= 0.3 is 5.97 Å². The Morgan fingerprint density at radius 1 is 1.23 bits per heavy atom. The minimum Gasteiger partial charge on any atom is -0.485 e. The average molecular weight is 441 g/mol. The first kappa shape index (κ1) is 21.1. The Morgan fingerprint density at radius 2 is 2.03 bits per heavy atom. The predicted octanol–water partition coefficient (Wildman–Crippen LogP) is 4.29. The van der Waals surface area contributed by atoms with Crippen LogP contribution in [0.4, 0.5) is 4.39 Å². The summed E-state index contributed by atoms with van der Waals surface area (Å²) in [5, 5.41) is 9.81. The number of carbonyl (C=O) groups excluding carboxylic acids is 1. The minimum atomic E-state index is -0.544. The van der Waals surface area contributed by atoms with Crippen LogP contribution in [0, 0.1) is 12.7 Å². The fraction of sp³-hybridized carbons (Fsp3) is 0.273. The number of ether oxygens (including phenoxy) is 2. The van der Waals surface area contributed by atoms with Crippen molar-refractivity contribution in [1.82, 2.24) is 15.0 Å². The molecule has 4 rings (SSSR count). The lowest BCUT2D eigenvalue weighted by atomic mass is 10.1. The number of benzene rings is 2. The molecule has 2 heterocycles. The molecule has 160 valence electrons. The number of nitrogens with zero attached hydrogens (tertiary/aromatic N) is 3. The lowest BCUT2D eigenvalue weighted by Gasteiger charge is -2.12. The quantitative estimate of drug-likeness (QED) is 0.446. The number of aromatic nitrogens is 3. The Balaban J connectivity index is 1.81. The van der Waals surface area contributed by atoms with Crippen LogP contribution in [0.2, 0.25) is 0 Å². The number of hydrogen-bond acceptors (Lipinski definition) is 8. The van der Waals surface area contributed by atoms with Crippen LogP contribution in [0.1, 0.15) is 29.9 Å². The summed E-state index contributed by atoms with van der Waals surface area (Å²) in [6, 6.07) is 6.67. The summed E-state index contributed by atoms with van der Waals surface area (Å²) >= 11 is 1.37. The predicted molar refractivity (Wildman–Crippen MR) is 116 cm³/mol. The molecule has 1 N–H and O–H groups in total. The van der Waals surface area contributed by atoms with Gasteiger partial charge in [-0.2, -0.15) is 0 Å². The van der Waals surface area contributed by atoms with E-state index in [2.05, 4.69) is 15.0 Å². The van der Waals surface area contributed by atoms with Crippen LogP contribution in [0.25, 0.3) is 31.8 Å². The summed E-state index contributed by atoms with van der Waals surface area (Å²) in [5.74, 6) is -1.00. The van der Waals surface area contributed by atoms with Crippen molar-refractivity contribution in [2.75, 3.05) is 13.2 Å². The molecule has 0 radical (unpaired) electrons. The largest absolute Gasteiger partial charge is 0.485 e. The molecule has 0 bridgehead atoms. The van der Waals surface area contributed by atoms with Crippen molar-refractivity contribution in [2.24, 2.45) is 0 Å². The fourth-order valence-corrected chi connectivity index (χ4v) is 4.11. The second-order valence-corrected chi connectivity index (χ2v) is 8.07. The highest BCUT2D eigenvalue weighted by atomic mass is 32.1. The highest BCUT2D eigenvalue weighted by Gasteiger charge is 2.17. The van der Waals surface area contributed by atoms with Gasteiger partial charge in [0.15, 0.2) is 17.3 Å². The van der Waals surface area contributed by atoms with Crippen LogP contribution in [0.15, 0.2) is 30.5 Å². The highest BCUT2D eigenvalue weighted by Crippen LogP contribution is 2.36. The van der Waals surface area contributed by atoms with E-state index in [0.29, 0.717) is 21.6 Å². The monoisotopic (exact) mass is 441 g/mol. The normalized spacial score (nSPS) is 12.3. The van der Waals surface area contributed by atoms with Crippen LogP contribution in [0.3, 0.4) is 0 Å². The Bertz CT molecular complexity index is 1290. The number of aliphatic hydroxyl groups is 1. The summed E-state index contributed by atoms with van der Waals surface area (Å²) in [6.07, 6.45) is 0.859. The number of aryl methyl sites for hydroxylation is 1. The summed E-state index contributed by atoms with van der Waals surface area (Å²) < 4.78 is 25.6. The van der Waals surface area contributed by atoms with E-state index in [-0.39, 0.29) is 24.7 Å². The topological polar surface area (TPSA) is 94.4 Å². The molecular formula is C22H20FN3O4S. The lowest BCUT2D eigenvalue weighted by Crippen LogP contribution is -2.16. The number of hydrogen-bond donors (Lipinski definition) is 1. The van der Waals surface area contributed by atoms with Gasteiger partial charge in [0.25, 0.3) is 0 Å². The van der Waals surface area contributed by atoms with E-state index in [4.69, 9.17) is 14.6 Å². The van der Waals surface area contributed by atoms with Crippen molar-refractivity contribution in [3.63, 3.8) is 0 Å². The maximum Gasteiger partial charge on any atom is 0.358 e. The molecule has 0 aliphatic heterocycles. The van der Waals surface area contributed by atoms with Crippen molar-refractivity contribution in [1.29, 1.82) is 0 Å². The number of esters is 1. The number of fused-ring (bicyclic) bond motifs is 2. The third-order valence-corrected chi connectivity index (χ3v) is 5.58. The maximum absolute atomic E-state index is 14.4. The van der Waals surface area contributed by atoms with Gasteiger partial charge in [-0.25, -0.2) is 19.2 Å². The van der Waals surface area contributed by atoms with Crippen molar-refractivity contribution < 1.29 is 23.8 Å². The molecule has 0 spiro atoms. The lowest BCUT2D eigenvalue weighted by molar-refractivity contribution is 0.0519. The van der Waals surface area contributed by atoms with Crippen molar-refractivity contribution in [3.8, 4) is 16.3 Å². The molecule has 4 aromatic rings. The molecule has 0 amide bonds. The summed E-state index contributed by atoms with van der Waals surface area (Å²) in [4.78, 5) is 25.4. The third-order valence-electron chi connectivity index (χ3n) is 4.53. The number of rotatable bonds is 6. The second kappa shape index (κ2) is 8.52. The van der Waals surface area contributed by atoms with Gasteiger partial charge < -0.3 is 14.6 Å². The molecule has 0 aliphatic carbocycles. The zero-order valence-electron chi connectivity index (χ0n) is 17.2. The molecule has 7 nitrogen and oxygen atoms in total. The molecular weight excluding hydrogens is 421 g/mol. The van der Waals surface area contributed by atoms with Crippen LogP contribution in [-0.2, 0) is 4.74 Å². The smallest absolute Gasteiger partial charge is 0.358 e. The molecule has 0 saturated heterocycles. The first-order valence-corrected chi connectivity index (χ1v) is 10.5. The average Bonchev–Trinajstić information content (AvgIpc) is 3.15. The van der Waals surface area contributed by atoms with Crippen molar-refractivity contribution in [2.45, 2.75) is 26.9 Å². The first-order chi connectivity index (χ1) is 14.9. The van der Waals surface area contributed by atoms with Crippen LogP contribution < -0.4 is 4.74 Å².